The number of Topliss-reactive ketones (excluding diaryl/α,β-unsaturated/α-hetero) is 1. The van der Waals surface area contributed by atoms with Crippen LogP contribution in [0.1, 0.15) is 29.6 Å². The van der Waals surface area contributed by atoms with Gasteiger partial charge in [0.25, 0.3) is 0 Å². The molecule has 6 heteroatoms. The fraction of sp³-hybridized carbons (Fsp3) is 0.462. The van der Waals surface area contributed by atoms with E-state index in [4.69, 9.17) is 0 Å². The van der Waals surface area contributed by atoms with E-state index in [9.17, 15) is 17.6 Å². The maximum Gasteiger partial charge on any atom is 0.211 e. The number of sulfonamides is 1. The summed E-state index contributed by atoms with van der Waals surface area (Å²) in [6.07, 6.45) is 2.78. The van der Waals surface area contributed by atoms with Crippen LogP contribution in [0.2, 0.25) is 0 Å². The Morgan fingerprint density at radius 3 is 2.58 bits per heavy atom. The van der Waals surface area contributed by atoms with Crippen LogP contribution in [0.3, 0.4) is 0 Å². The average molecular weight is 285 g/mol. The molecule has 0 amide bonds. The number of carbonyl (C=O) groups is 1. The molecule has 4 nitrogen and oxygen atoms in total. The van der Waals surface area contributed by atoms with Gasteiger partial charge in [0, 0.05) is 24.6 Å². The van der Waals surface area contributed by atoms with Gasteiger partial charge in [-0.05, 0) is 37.1 Å². The Kier molecular flexibility index (Phi) is 4.01. The molecule has 0 bridgehead atoms. The molecule has 1 heterocycles. The monoisotopic (exact) mass is 285 g/mol. The smallest absolute Gasteiger partial charge is 0.211 e. The molecule has 0 saturated carbocycles. The number of nitrogens with zero attached hydrogens (tertiary/aromatic N) is 1. The third-order valence-electron chi connectivity index (χ3n) is 3.34. The summed E-state index contributed by atoms with van der Waals surface area (Å²) >= 11 is 0. The molecular weight excluding hydrogens is 269 g/mol. The lowest BCUT2D eigenvalue weighted by molar-refractivity contribution is 0.0961. The second kappa shape index (κ2) is 5.38. The molecule has 1 fully saturated rings. The number of hydrogen-bond donors (Lipinski definition) is 0. The van der Waals surface area contributed by atoms with Crippen LogP contribution in [0.25, 0.3) is 0 Å². The standard InChI is InChI=1S/C13H16FNO3S/c1-19(17,18)15-8-2-3-12(15)9-13(16)10-4-6-11(14)7-5-10/h4-7,12H,2-3,8-9H2,1H3. The zero-order valence-electron chi connectivity index (χ0n) is 10.7. The number of benzene rings is 1. The number of hydrogen-bond acceptors (Lipinski definition) is 3. The fourth-order valence-electron chi connectivity index (χ4n) is 2.42. The first-order valence-corrected chi connectivity index (χ1v) is 7.98. The van der Waals surface area contributed by atoms with E-state index in [-0.39, 0.29) is 18.2 Å². The van der Waals surface area contributed by atoms with Gasteiger partial charge in [-0.15, -0.1) is 0 Å². The molecular formula is C13H16FNO3S. The minimum atomic E-state index is -3.27. The third kappa shape index (κ3) is 3.39. The van der Waals surface area contributed by atoms with Crippen LogP contribution in [0, 0.1) is 5.82 Å². The molecule has 104 valence electrons. The van der Waals surface area contributed by atoms with Gasteiger partial charge in [-0.25, -0.2) is 12.8 Å². The summed E-state index contributed by atoms with van der Waals surface area (Å²) in [5.74, 6) is -0.546. The number of rotatable bonds is 4. The van der Waals surface area contributed by atoms with E-state index in [1.807, 2.05) is 0 Å². The summed E-state index contributed by atoms with van der Waals surface area (Å²) in [6.45, 7) is 0.472. The summed E-state index contributed by atoms with van der Waals surface area (Å²) in [6, 6.07) is 5.05. The highest BCUT2D eigenvalue weighted by Gasteiger charge is 2.32. The molecule has 2 rings (SSSR count). The Morgan fingerprint density at radius 1 is 1.37 bits per heavy atom. The van der Waals surface area contributed by atoms with Crippen molar-refractivity contribution in [3.8, 4) is 0 Å². The van der Waals surface area contributed by atoms with Crippen molar-refractivity contribution >= 4 is 15.8 Å². The molecule has 19 heavy (non-hydrogen) atoms. The van der Waals surface area contributed by atoms with Gasteiger partial charge >= 0.3 is 0 Å². The molecule has 1 aliphatic heterocycles. The second-order valence-electron chi connectivity index (χ2n) is 4.80. The zero-order valence-corrected chi connectivity index (χ0v) is 11.5. The van der Waals surface area contributed by atoms with Crippen molar-refractivity contribution in [1.82, 2.24) is 4.31 Å². The van der Waals surface area contributed by atoms with Gasteiger partial charge in [0.2, 0.25) is 10.0 Å². The van der Waals surface area contributed by atoms with Crippen molar-refractivity contribution in [2.45, 2.75) is 25.3 Å². The van der Waals surface area contributed by atoms with Crippen molar-refractivity contribution in [3.05, 3.63) is 35.6 Å². The van der Waals surface area contributed by atoms with Crippen LogP contribution in [0.5, 0.6) is 0 Å². The van der Waals surface area contributed by atoms with Gasteiger partial charge in [0.15, 0.2) is 5.78 Å². The summed E-state index contributed by atoms with van der Waals surface area (Å²) in [4.78, 5) is 12.0. The number of ketones is 1. The third-order valence-corrected chi connectivity index (χ3v) is 4.67. The Morgan fingerprint density at radius 2 is 2.00 bits per heavy atom. The van der Waals surface area contributed by atoms with Crippen molar-refractivity contribution in [1.29, 1.82) is 0 Å². The highest BCUT2D eigenvalue weighted by molar-refractivity contribution is 7.88. The van der Waals surface area contributed by atoms with E-state index < -0.39 is 15.8 Å². The average Bonchev–Trinajstić information content (AvgIpc) is 2.77. The molecule has 1 atom stereocenters. The molecule has 0 aromatic heterocycles. The molecule has 1 saturated heterocycles. The fourth-order valence-corrected chi connectivity index (χ4v) is 3.60. The summed E-state index contributed by atoms with van der Waals surface area (Å²) in [5.41, 5.74) is 0.418. The van der Waals surface area contributed by atoms with Crippen LogP contribution in [-0.2, 0) is 10.0 Å². The van der Waals surface area contributed by atoms with Crippen molar-refractivity contribution in [2.75, 3.05) is 12.8 Å². The van der Waals surface area contributed by atoms with Crippen LogP contribution in [0.4, 0.5) is 4.39 Å². The van der Waals surface area contributed by atoms with Crippen LogP contribution < -0.4 is 0 Å². The topological polar surface area (TPSA) is 54.5 Å². The van der Waals surface area contributed by atoms with E-state index in [1.54, 1.807) is 0 Å². The maximum absolute atomic E-state index is 12.8. The summed E-state index contributed by atoms with van der Waals surface area (Å²) < 4.78 is 37.3. The molecule has 1 aromatic carbocycles. The molecule has 0 aliphatic carbocycles. The van der Waals surface area contributed by atoms with E-state index in [0.29, 0.717) is 18.5 Å². The van der Waals surface area contributed by atoms with E-state index in [1.165, 1.54) is 28.6 Å². The highest BCUT2D eigenvalue weighted by Crippen LogP contribution is 2.24. The van der Waals surface area contributed by atoms with Gasteiger partial charge < -0.3 is 0 Å². The number of halogens is 1. The lowest BCUT2D eigenvalue weighted by Gasteiger charge is -2.21. The van der Waals surface area contributed by atoms with Gasteiger partial charge in [-0.2, -0.15) is 4.31 Å². The normalized spacial score (nSPS) is 20.6. The summed E-state index contributed by atoms with van der Waals surface area (Å²) in [7, 11) is -3.27. The molecule has 0 radical (unpaired) electrons. The van der Waals surface area contributed by atoms with Gasteiger partial charge in [0.1, 0.15) is 5.82 Å². The highest BCUT2D eigenvalue weighted by atomic mass is 32.2. The molecule has 0 N–H and O–H groups in total. The van der Waals surface area contributed by atoms with Gasteiger partial charge in [-0.3, -0.25) is 4.79 Å². The SMILES string of the molecule is CS(=O)(=O)N1CCCC1CC(=O)c1ccc(F)cc1. The predicted molar refractivity (Wildman–Crippen MR) is 69.9 cm³/mol. The zero-order chi connectivity index (χ0) is 14.0. The minimum absolute atomic E-state index is 0.151. The van der Waals surface area contributed by atoms with E-state index in [2.05, 4.69) is 0 Å². The molecule has 0 spiro atoms. The van der Waals surface area contributed by atoms with Gasteiger partial charge in [0.05, 0.1) is 6.26 Å². The maximum atomic E-state index is 12.8. The Hall–Kier alpha value is -1.27. The van der Waals surface area contributed by atoms with Gasteiger partial charge in [-0.1, -0.05) is 0 Å². The van der Waals surface area contributed by atoms with Crippen LogP contribution in [-0.4, -0.2) is 37.3 Å². The minimum Gasteiger partial charge on any atom is -0.294 e. The lowest BCUT2D eigenvalue weighted by atomic mass is 10.0. The Labute approximate surface area is 112 Å². The first-order valence-electron chi connectivity index (χ1n) is 6.13. The number of carbonyl (C=O) groups excluding carboxylic acids is 1. The van der Waals surface area contributed by atoms with Crippen molar-refractivity contribution < 1.29 is 17.6 Å². The Balaban J connectivity index is 2.08. The predicted octanol–water partition coefficient (Wildman–Crippen LogP) is 1.82. The second-order valence-corrected chi connectivity index (χ2v) is 6.74. The quantitative estimate of drug-likeness (QED) is 0.793. The molecule has 1 unspecified atom stereocenters. The van der Waals surface area contributed by atoms with Crippen LogP contribution in [0.15, 0.2) is 24.3 Å². The largest absolute Gasteiger partial charge is 0.294 e. The first kappa shape index (κ1) is 14.1. The van der Waals surface area contributed by atoms with Crippen molar-refractivity contribution in [3.63, 3.8) is 0 Å². The molecule has 1 aromatic rings. The molecule has 1 aliphatic rings. The summed E-state index contributed by atoms with van der Waals surface area (Å²) in [5, 5.41) is 0. The van der Waals surface area contributed by atoms with Crippen LogP contribution >= 0.6 is 0 Å². The Bertz CT molecular complexity index is 568. The van der Waals surface area contributed by atoms with E-state index >= 15 is 0 Å². The van der Waals surface area contributed by atoms with Crippen molar-refractivity contribution in [2.24, 2.45) is 0 Å². The lowest BCUT2D eigenvalue weighted by Crippen LogP contribution is -2.36. The first-order chi connectivity index (χ1) is 8.88. The van der Waals surface area contributed by atoms with E-state index in [0.717, 1.165) is 12.7 Å².